The zero-order chi connectivity index (χ0) is 12.5. The van der Waals surface area contributed by atoms with E-state index in [2.05, 4.69) is 10.3 Å². The lowest BCUT2D eigenvalue weighted by Gasteiger charge is -2.36. The average molecular weight is 253 g/mol. The number of carbonyl (C=O) groups is 1. The summed E-state index contributed by atoms with van der Waals surface area (Å²) in [5, 5.41) is 3.55. The highest BCUT2D eigenvalue weighted by Crippen LogP contribution is 2.32. The summed E-state index contributed by atoms with van der Waals surface area (Å²) in [6.45, 7) is 3.95. The van der Waals surface area contributed by atoms with Gasteiger partial charge in [-0.1, -0.05) is 12.8 Å². The van der Waals surface area contributed by atoms with Gasteiger partial charge < -0.3 is 11.1 Å². The third-order valence-electron chi connectivity index (χ3n) is 3.42. The molecule has 0 bridgehead atoms. The molecule has 94 valence electrons. The smallest absolute Gasteiger partial charge is 0.231 e. The molecule has 1 saturated carbocycles. The second-order valence-corrected chi connectivity index (χ2v) is 6.30. The van der Waals surface area contributed by atoms with E-state index in [4.69, 9.17) is 5.73 Å². The number of anilines is 1. The molecular weight excluding hydrogens is 234 g/mol. The summed E-state index contributed by atoms with van der Waals surface area (Å²) >= 11 is 1.50. The molecular formula is C12H19N3OS. The highest BCUT2D eigenvalue weighted by molar-refractivity contribution is 7.15. The Morgan fingerprint density at radius 1 is 1.65 bits per heavy atom. The molecule has 3 N–H and O–H groups in total. The lowest BCUT2D eigenvalue weighted by atomic mass is 9.74. The van der Waals surface area contributed by atoms with Gasteiger partial charge in [0, 0.05) is 16.6 Å². The largest absolute Gasteiger partial charge is 0.325 e. The fraction of sp³-hybridized carbons (Fsp3) is 0.667. The van der Waals surface area contributed by atoms with Gasteiger partial charge in [-0.15, -0.1) is 11.3 Å². The van der Waals surface area contributed by atoms with E-state index < -0.39 is 0 Å². The number of nitrogens with zero attached hydrogens (tertiary/aromatic N) is 1. The first kappa shape index (κ1) is 12.5. The van der Waals surface area contributed by atoms with E-state index in [-0.39, 0.29) is 17.4 Å². The summed E-state index contributed by atoms with van der Waals surface area (Å²) in [7, 11) is 0. The molecule has 0 aliphatic heterocycles. The minimum absolute atomic E-state index is 0.0176. The number of nitrogens with one attached hydrogen (secondary N) is 1. The van der Waals surface area contributed by atoms with Crippen LogP contribution in [-0.2, 0) is 4.79 Å². The number of aromatic nitrogens is 1. The topological polar surface area (TPSA) is 68.0 Å². The Morgan fingerprint density at radius 3 is 3.00 bits per heavy atom. The normalized spacial score (nSPS) is 29.0. The van der Waals surface area contributed by atoms with Crippen molar-refractivity contribution in [2.24, 2.45) is 11.7 Å². The zero-order valence-corrected chi connectivity index (χ0v) is 11.1. The van der Waals surface area contributed by atoms with Gasteiger partial charge in [0.25, 0.3) is 0 Å². The summed E-state index contributed by atoms with van der Waals surface area (Å²) in [4.78, 5) is 17.4. The summed E-state index contributed by atoms with van der Waals surface area (Å²) < 4.78 is 0. The molecule has 2 unspecified atom stereocenters. The number of hydrogen-bond acceptors (Lipinski definition) is 4. The van der Waals surface area contributed by atoms with Crippen molar-refractivity contribution in [3.05, 3.63) is 11.1 Å². The number of hydrogen-bond donors (Lipinski definition) is 2. The van der Waals surface area contributed by atoms with Gasteiger partial charge in [0.05, 0.1) is 5.92 Å². The maximum atomic E-state index is 12.2. The van der Waals surface area contributed by atoms with Crippen LogP contribution in [0.2, 0.25) is 0 Å². The van der Waals surface area contributed by atoms with Crippen LogP contribution in [0.3, 0.4) is 0 Å². The van der Waals surface area contributed by atoms with Crippen LogP contribution in [-0.4, -0.2) is 16.4 Å². The minimum atomic E-state index is -0.380. The Morgan fingerprint density at radius 2 is 2.41 bits per heavy atom. The van der Waals surface area contributed by atoms with Crippen LogP contribution in [0.5, 0.6) is 0 Å². The molecule has 0 aromatic carbocycles. The molecule has 1 aromatic heterocycles. The van der Waals surface area contributed by atoms with Crippen molar-refractivity contribution >= 4 is 22.4 Å². The van der Waals surface area contributed by atoms with Gasteiger partial charge in [-0.25, -0.2) is 4.98 Å². The Balaban J connectivity index is 2.04. The molecule has 2 rings (SSSR count). The standard InChI is InChI=1S/C12H19N3OS/c1-8-7-14-11(17-8)15-10(16)9-5-3-4-6-12(9,2)13/h7,9H,3-6,13H2,1-2H3,(H,14,15,16). The van der Waals surface area contributed by atoms with Gasteiger partial charge in [0.1, 0.15) is 0 Å². The monoisotopic (exact) mass is 253 g/mol. The van der Waals surface area contributed by atoms with E-state index in [1.807, 2.05) is 13.8 Å². The zero-order valence-electron chi connectivity index (χ0n) is 10.3. The maximum Gasteiger partial charge on any atom is 0.231 e. The van der Waals surface area contributed by atoms with Gasteiger partial charge in [-0.3, -0.25) is 4.79 Å². The Kier molecular flexibility index (Phi) is 3.49. The summed E-state index contributed by atoms with van der Waals surface area (Å²) in [6.07, 6.45) is 5.77. The molecule has 0 spiro atoms. The molecule has 0 radical (unpaired) electrons. The number of thiazole rings is 1. The van der Waals surface area contributed by atoms with Gasteiger partial charge in [0.15, 0.2) is 5.13 Å². The van der Waals surface area contributed by atoms with Crippen LogP contribution in [0, 0.1) is 12.8 Å². The van der Waals surface area contributed by atoms with Crippen molar-refractivity contribution in [3.63, 3.8) is 0 Å². The van der Waals surface area contributed by atoms with Crippen LogP contribution < -0.4 is 11.1 Å². The minimum Gasteiger partial charge on any atom is -0.325 e. The van der Waals surface area contributed by atoms with E-state index in [9.17, 15) is 4.79 Å². The fourth-order valence-corrected chi connectivity index (χ4v) is 3.06. The molecule has 1 aromatic rings. The quantitative estimate of drug-likeness (QED) is 0.849. The number of carbonyl (C=O) groups excluding carboxylic acids is 1. The van der Waals surface area contributed by atoms with E-state index in [1.165, 1.54) is 11.3 Å². The molecule has 17 heavy (non-hydrogen) atoms. The van der Waals surface area contributed by atoms with Crippen LogP contribution in [0.4, 0.5) is 5.13 Å². The summed E-state index contributed by atoms with van der Waals surface area (Å²) in [5.41, 5.74) is 5.82. The molecule has 1 heterocycles. The second-order valence-electron chi connectivity index (χ2n) is 5.07. The van der Waals surface area contributed by atoms with Crippen molar-refractivity contribution in [1.29, 1.82) is 0 Å². The Bertz CT molecular complexity index is 414. The van der Waals surface area contributed by atoms with E-state index in [0.29, 0.717) is 5.13 Å². The first-order valence-corrected chi connectivity index (χ1v) is 6.83. The predicted molar refractivity (Wildman–Crippen MR) is 70.0 cm³/mol. The second kappa shape index (κ2) is 4.74. The summed E-state index contributed by atoms with van der Waals surface area (Å²) in [6, 6.07) is 0. The third-order valence-corrected chi connectivity index (χ3v) is 4.25. The molecule has 1 aliphatic rings. The van der Waals surface area contributed by atoms with E-state index >= 15 is 0 Å². The number of amides is 1. The van der Waals surface area contributed by atoms with Crippen molar-refractivity contribution in [2.45, 2.75) is 45.1 Å². The van der Waals surface area contributed by atoms with Crippen molar-refractivity contribution < 1.29 is 4.79 Å². The van der Waals surface area contributed by atoms with Crippen LogP contribution in [0.15, 0.2) is 6.20 Å². The maximum absolute atomic E-state index is 12.2. The average Bonchev–Trinajstić information content (AvgIpc) is 2.63. The molecule has 4 nitrogen and oxygen atoms in total. The molecule has 2 atom stereocenters. The number of nitrogens with two attached hydrogens (primary N) is 1. The van der Waals surface area contributed by atoms with Crippen LogP contribution in [0.25, 0.3) is 0 Å². The van der Waals surface area contributed by atoms with Crippen LogP contribution in [0.1, 0.15) is 37.5 Å². The van der Waals surface area contributed by atoms with Gasteiger partial charge in [-0.05, 0) is 26.7 Å². The molecule has 1 fully saturated rings. The van der Waals surface area contributed by atoms with E-state index in [1.54, 1.807) is 6.20 Å². The van der Waals surface area contributed by atoms with Crippen LogP contribution >= 0.6 is 11.3 Å². The molecule has 5 heteroatoms. The lowest BCUT2D eigenvalue weighted by Crippen LogP contribution is -2.51. The first-order valence-electron chi connectivity index (χ1n) is 6.01. The Labute approximate surface area is 106 Å². The Hall–Kier alpha value is -0.940. The van der Waals surface area contributed by atoms with Crippen molar-refractivity contribution in [2.75, 3.05) is 5.32 Å². The number of aryl methyl sites for hydroxylation is 1. The SMILES string of the molecule is Cc1cnc(NC(=O)C2CCCCC2(C)N)s1. The molecule has 1 aliphatic carbocycles. The van der Waals surface area contributed by atoms with Gasteiger partial charge in [0.2, 0.25) is 5.91 Å². The van der Waals surface area contributed by atoms with Gasteiger partial charge >= 0.3 is 0 Å². The van der Waals surface area contributed by atoms with Gasteiger partial charge in [-0.2, -0.15) is 0 Å². The molecule has 1 amide bonds. The summed E-state index contributed by atoms with van der Waals surface area (Å²) in [5.74, 6) is -0.0792. The van der Waals surface area contributed by atoms with Crippen molar-refractivity contribution in [1.82, 2.24) is 4.98 Å². The number of rotatable bonds is 2. The third kappa shape index (κ3) is 2.84. The van der Waals surface area contributed by atoms with Crippen molar-refractivity contribution in [3.8, 4) is 0 Å². The predicted octanol–water partition coefficient (Wildman–Crippen LogP) is 2.30. The first-order chi connectivity index (χ1) is 7.99. The fourth-order valence-electron chi connectivity index (χ4n) is 2.39. The highest BCUT2D eigenvalue weighted by Gasteiger charge is 2.37. The molecule has 0 saturated heterocycles. The lowest BCUT2D eigenvalue weighted by molar-refractivity contribution is -0.122. The highest BCUT2D eigenvalue weighted by atomic mass is 32.1. The van der Waals surface area contributed by atoms with E-state index in [0.717, 1.165) is 30.6 Å².